The van der Waals surface area contributed by atoms with Gasteiger partial charge in [-0.25, -0.2) is 0 Å². The zero-order valence-corrected chi connectivity index (χ0v) is 19.7. The van der Waals surface area contributed by atoms with Crippen LogP contribution < -0.4 is 0 Å². The Morgan fingerprint density at radius 3 is 1.88 bits per heavy atom. The molecule has 0 saturated heterocycles. The lowest BCUT2D eigenvalue weighted by molar-refractivity contribution is 0.0958. The average Bonchev–Trinajstić information content (AvgIpc) is 2.77. The molecule has 0 aliphatic carbocycles. The van der Waals surface area contributed by atoms with Crippen LogP contribution in [-0.2, 0) is 10.8 Å². The Morgan fingerprint density at radius 1 is 1.08 bits per heavy atom. The van der Waals surface area contributed by atoms with E-state index in [2.05, 4.69) is 60.3 Å². The highest BCUT2D eigenvalue weighted by atomic mass is 79.9. The number of Topliss-reactive ketones (excluding diaryl/α,β-unsaturated/α-hetero) is 1. The van der Waals surface area contributed by atoms with Gasteiger partial charge in [0, 0.05) is 27.3 Å². The van der Waals surface area contributed by atoms with Crippen molar-refractivity contribution in [1.29, 1.82) is 0 Å². The van der Waals surface area contributed by atoms with Crippen molar-refractivity contribution in [2.24, 2.45) is 0 Å². The van der Waals surface area contributed by atoms with Crippen LogP contribution in [0.3, 0.4) is 0 Å². The van der Waals surface area contributed by atoms with Gasteiger partial charge >= 0.3 is 0 Å². The van der Waals surface area contributed by atoms with E-state index in [-0.39, 0.29) is 33.6 Å². The number of phenols is 1. The number of halogens is 1. The van der Waals surface area contributed by atoms with Gasteiger partial charge in [0.15, 0.2) is 5.78 Å². The lowest BCUT2D eigenvalue weighted by Gasteiger charge is -2.28. The fraction of sp³-hybridized carbons (Fsp3) is 0.571. The summed E-state index contributed by atoms with van der Waals surface area (Å²) in [5.41, 5.74) is 3.09. The molecule has 5 heteroatoms. The second-order valence-corrected chi connectivity index (χ2v) is 10.1. The molecule has 0 aromatic heterocycles. The van der Waals surface area contributed by atoms with Crippen molar-refractivity contribution in [1.82, 2.24) is 4.90 Å². The third-order valence-corrected chi connectivity index (χ3v) is 5.97. The minimum absolute atomic E-state index is 0. The molecule has 0 amide bonds. The van der Waals surface area contributed by atoms with E-state index in [1.54, 1.807) is 11.8 Å². The van der Waals surface area contributed by atoms with E-state index in [0.29, 0.717) is 17.9 Å². The summed E-state index contributed by atoms with van der Waals surface area (Å²) >= 11 is 1.78. The molecule has 0 atom stereocenters. The molecule has 1 aliphatic heterocycles. The largest absolute Gasteiger partial charge is 0.507 e. The van der Waals surface area contributed by atoms with Crippen molar-refractivity contribution >= 4 is 34.5 Å². The quantitative estimate of drug-likeness (QED) is 0.583. The first-order valence-electron chi connectivity index (χ1n) is 8.78. The fourth-order valence-corrected chi connectivity index (χ4v) is 3.94. The van der Waals surface area contributed by atoms with Gasteiger partial charge in [-0.3, -0.25) is 4.79 Å². The van der Waals surface area contributed by atoms with Gasteiger partial charge in [-0.1, -0.05) is 41.5 Å². The molecule has 1 aromatic rings. The summed E-state index contributed by atoms with van der Waals surface area (Å²) in [6.45, 7) is 16.9. The van der Waals surface area contributed by atoms with Gasteiger partial charge in [-0.15, -0.1) is 28.7 Å². The SMILES string of the molecule is Br.CC1=C(C)N(CC(=O)c2cc(C(C)(C)C)c(O)c(C(C)(C)C)c2)CS1. The van der Waals surface area contributed by atoms with E-state index in [0.717, 1.165) is 17.0 Å². The Bertz CT molecular complexity index is 692. The van der Waals surface area contributed by atoms with E-state index in [9.17, 15) is 9.90 Å². The summed E-state index contributed by atoms with van der Waals surface area (Å²) in [7, 11) is 0. The zero-order chi connectivity index (χ0) is 19.2. The molecule has 3 nitrogen and oxygen atoms in total. The number of carbonyl (C=O) groups is 1. The first kappa shape index (κ1) is 23.1. The molecule has 1 heterocycles. The summed E-state index contributed by atoms with van der Waals surface area (Å²) < 4.78 is 0. The first-order valence-corrected chi connectivity index (χ1v) is 9.77. The highest BCUT2D eigenvalue weighted by Crippen LogP contribution is 2.40. The molecule has 1 aromatic carbocycles. The average molecular weight is 442 g/mol. The van der Waals surface area contributed by atoms with E-state index in [1.165, 1.54) is 10.6 Å². The lowest BCUT2D eigenvalue weighted by Crippen LogP contribution is -2.27. The number of phenolic OH excluding ortho intramolecular Hbond substituents is 1. The second kappa shape index (κ2) is 7.97. The summed E-state index contributed by atoms with van der Waals surface area (Å²) in [4.78, 5) is 16.4. The Labute approximate surface area is 173 Å². The molecule has 1 aliphatic rings. The number of hydrogen-bond donors (Lipinski definition) is 1. The van der Waals surface area contributed by atoms with Crippen molar-refractivity contribution in [2.75, 3.05) is 12.4 Å². The van der Waals surface area contributed by atoms with Gasteiger partial charge in [0.2, 0.25) is 0 Å². The van der Waals surface area contributed by atoms with Crippen molar-refractivity contribution in [3.63, 3.8) is 0 Å². The maximum Gasteiger partial charge on any atom is 0.182 e. The minimum Gasteiger partial charge on any atom is -0.507 e. The van der Waals surface area contributed by atoms with Crippen LogP contribution in [0.2, 0.25) is 0 Å². The fourth-order valence-electron chi connectivity index (χ4n) is 2.97. The van der Waals surface area contributed by atoms with E-state index in [4.69, 9.17) is 0 Å². The number of rotatable bonds is 3. The smallest absolute Gasteiger partial charge is 0.182 e. The maximum absolute atomic E-state index is 13.0. The molecule has 2 rings (SSSR count). The lowest BCUT2D eigenvalue weighted by atomic mass is 9.78. The first-order chi connectivity index (χ1) is 11.3. The van der Waals surface area contributed by atoms with Crippen LogP contribution in [0.25, 0.3) is 0 Å². The topological polar surface area (TPSA) is 40.5 Å². The normalized spacial score (nSPS) is 15.3. The molecule has 0 unspecified atom stereocenters. The summed E-state index contributed by atoms with van der Waals surface area (Å²) in [5, 5.41) is 10.8. The Balaban J connectivity index is 0.00000338. The van der Waals surface area contributed by atoms with Crippen molar-refractivity contribution in [3.8, 4) is 5.75 Å². The maximum atomic E-state index is 13.0. The van der Waals surface area contributed by atoms with Crippen molar-refractivity contribution < 1.29 is 9.90 Å². The standard InChI is InChI=1S/C21H31NO2S.BrH/c1-13-14(2)25-12-22(13)11-18(23)15-9-16(20(3,4)5)19(24)17(10-15)21(6,7)8;/h9-10,24H,11-12H2,1-8H3;1H. The Morgan fingerprint density at radius 2 is 1.54 bits per heavy atom. The number of carbonyl (C=O) groups excluding carboxylic acids is 1. The molecule has 0 spiro atoms. The molecular weight excluding hydrogens is 410 g/mol. The number of allylic oxidation sites excluding steroid dienone is 2. The number of ketones is 1. The number of nitrogens with zero attached hydrogens (tertiary/aromatic N) is 1. The number of hydrogen-bond acceptors (Lipinski definition) is 4. The number of benzene rings is 1. The molecule has 0 bridgehead atoms. The molecular formula is C21H32BrNO2S. The van der Waals surface area contributed by atoms with Crippen LogP contribution in [0.1, 0.15) is 76.9 Å². The van der Waals surface area contributed by atoms with Gasteiger partial charge in [-0.05, 0) is 36.8 Å². The molecule has 0 saturated carbocycles. The summed E-state index contributed by atoms with van der Waals surface area (Å²) in [5.74, 6) is 1.26. The summed E-state index contributed by atoms with van der Waals surface area (Å²) in [6, 6.07) is 3.75. The highest BCUT2D eigenvalue weighted by Gasteiger charge is 2.28. The molecule has 0 fully saturated rings. The molecule has 1 N–H and O–H groups in total. The van der Waals surface area contributed by atoms with Crippen LogP contribution in [-0.4, -0.2) is 28.2 Å². The van der Waals surface area contributed by atoms with Crippen LogP contribution in [0.5, 0.6) is 5.75 Å². The number of aromatic hydroxyl groups is 1. The monoisotopic (exact) mass is 441 g/mol. The predicted octanol–water partition coefficient (Wildman–Crippen LogP) is 6.01. The van der Waals surface area contributed by atoms with Gasteiger partial charge in [0.1, 0.15) is 5.75 Å². The molecule has 26 heavy (non-hydrogen) atoms. The van der Waals surface area contributed by atoms with Crippen LogP contribution in [0.15, 0.2) is 22.7 Å². The summed E-state index contributed by atoms with van der Waals surface area (Å²) in [6.07, 6.45) is 0. The van der Waals surface area contributed by atoms with E-state index in [1.807, 2.05) is 12.1 Å². The van der Waals surface area contributed by atoms with Crippen LogP contribution in [0.4, 0.5) is 0 Å². The van der Waals surface area contributed by atoms with Crippen LogP contribution in [0, 0.1) is 0 Å². The third-order valence-electron chi connectivity index (χ3n) is 4.80. The molecule has 146 valence electrons. The van der Waals surface area contributed by atoms with Crippen molar-refractivity contribution in [2.45, 2.75) is 66.2 Å². The van der Waals surface area contributed by atoms with Crippen LogP contribution >= 0.6 is 28.7 Å². The second-order valence-electron chi connectivity index (χ2n) is 8.96. The minimum atomic E-state index is -0.226. The third kappa shape index (κ3) is 4.86. The van der Waals surface area contributed by atoms with E-state index < -0.39 is 0 Å². The van der Waals surface area contributed by atoms with Gasteiger partial charge in [0.05, 0.1) is 12.4 Å². The number of thioether (sulfide) groups is 1. The van der Waals surface area contributed by atoms with Gasteiger partial charge in [0.25, 0.3) is 0 Å². The predicted molar refractivity (Wildman–Crippen MR) is 118 cm³/mol. The Kier molecular flexibility index (Phi) is 7.08. The Hall–Kier alpha value is -0.940. The van der Waals surface area contributed by atoms with E-state index >= 15 is 0 Å². The van der Waals surface area contributed by atoms with Crippen molar-refractivity contribution in [3.05, 3.63) is 39.4 Å². The van der Waals surface area contributed by atoms with Gasteiger partial charge in [-0.2, -0.15) is 0 Å². The molecule has 0 radical (unpaired) electrons. The zero-order valence-electron chi connectivity index (χ0n) is 17.2. The highest BCUT2D eigenvalue weighted by molar-refractivity contribution is 8.93. The van der Waals surface area contributed by atoms with Gasteiger partial charge < -0.3 is 10.0 Å².